The lowest BCUT2D eigenvalue weighted by Crippen LogP contribution is -2.13. The van der Waals surface area contributed by atoms with Crippen LogP contribution in [0.1, 0.15) is 12.0 Å². The summed E-state index contributed by atoms with van der Waals surface area (Å²) in [6, 6.07) is 14.5. The number of aromatic nitrogens is 1. The summed E-state index contributed by atoms with van der Waals surface area (Å²) in [6.45, 7) is 1.12. The minimum Gasteiger partial charge on any atom is -0.481 e. The van der Waals surface area contributed by atoms with E-state index >= 15 is 0 Å². The first-order valence-electron chi connectivity index (χ1n) is 6.94. The van der Waals surface area contributed by atoms with E-state index in [9.17, 15) is 0 Å². The molecule has 0 amide bonds. The van der Waals surface area contributed by atoms with Crippen molar-refractivity contribution in [3.05, 3.63) is 48.0 Å². The number of methoxy groups -OCH3 is 1. The zero-order chi connectivity index (χ0) is 14.4. The minimum atomic E-state index is 0.651. The van der Waals surface area contributed by atoms with E-state index in [1.54, 1.807) is 7.11 Å². The third kappa shape index (κ3) is 4.07. The third-order valence-corrected chi connectivity index (χ3v) is 3.25. The molecule has 0 radical (unpaired) electrons. The van der Waals surface area contributed by atoms with Crippen LogP contribution in [0.4, 0.5) is 0 Å². The Morgan fingerprint density at radius 3 is 2.45 bits per heavy atom. The topological polar surface area (TPSA) is 25.4 Å². The summed E-state index contributed by atoms with van der Waals surface area (Å²) in [7, 11) is 5.86. The second-order valence-electron chi connectivity index (χ2n) is 5.17. The molecular formula is C17H22N2O. The molecule has 0 aliphatic carbocycles. The van der Waals surface area contributed by atoms with Crippen molar-refractivity contribution in [3.63, 3.8) is 0 Å². The second kappa shape index (κ2) is 7.06. The highest BCUT2D eigenvalue weighted by molar-refractivity contribution is 5.59. The molecule has 2 rings (SSSR count). The molecule has 20 heavy (non-hydrogen) atoms. The van der Waals surface area contributed by atoms with Crippen LogP contribution in [0.2, 0.25) is 0 Å². The van der Waals surface area contributed by atoms with Crippen molar-refractivity contribution >= 4 is 0 Å². The van der Waals surface area contributed by atoms with Gasteiger partial charge < -0.3 is 9.64 Å². The summed E-state index contributed by atoms with van der Waals surface area (Å²) < 4.78 is 5.16. The summed E-state index contributed by atoms with van der Waals surface area (Å²) in [5, 5.41) is 0. The van der Waals surface area contributed by atoms with Crippen LogP contribution < -0.4 is 4.74 Å². The molecule has 0 aliphatic heterocycles. The van der Waals surface area contributed by atoms with Crippen molar-refractivity contribution in [1.29, 1.82) is 0 Å². The molecule has 0 aliphatic rings. The highest BCUT2D eigenvalue weighted by Gasteiger charge is 2.02. The monoisotopic (exact) mass is 270 g/mol. The third-order valence-electron chi connectivity index (χ3n) is 3.25. The Labute approximate surface area is 121 Å². The highest BCUT2D eigenvalue weighted by Crippen LogP contribution is 2.20. The van der Waals surface area contributed by atoms with E-state index in [-0.39, 0.29) is 0 Å². The first-order chi connectivity index (χ1) is 9.69. The fourth-order valence-corrected chi connectivity index (χ4v) is 2.13. The molecule has 0 bridgehead atoms. The van der Waals surface area contributed by atoms with Crippen LogP contribution >= 0.6 is 0 Å². The van der Waals surface area contributed by atoms with Crippen molar-refractivity contribution in [2.24, 2.45) is 0 Å². The van der Waals surface area contributed by atoms with Gasteiger partial charge in [0.2, 0.25) is 5.88 Å². The van der Waals surface area contributed by atoms with Crippen molar-refractivity contribution in [1.82, 2.24) is 9.88 Å². The van der Waals surface area contributed by atoms with Crippen molar-refractivity contribution in [2.75, 3.05) is 27.7 Å². The van der Waals surface area contributed by atoms with Gasteiger partial charge in [-0.05, 0) is 45.1 Å². The summed E-state index contributed by atoms with van der Waals surface area (Å²) in [4.78, 5) is 6.66. The van der Waals surface area contributed by atoms with E-state index in [1.807, 2.05) is 18.2 Å². The predicted molar refractivity (Wildman–Crippen MR) is 83.1 cm³/mol. The maximum atomic E-state index is 5.16. The fraction of sp³-hybridized carbons (Fsp3) is 0.353. The fourth-order valence-electron chi connectivity index (χ4n) is 2.13. The average Bonchev–Trinajstić information content (AvgIpc) is 2.48. The van der Waals surface area contributed by atoms with Crippen LogP contribution in [0.3, 0.4) is 0 Å². The molecule has 0 saturated heterocycles. The predicted octanol–water partition coefficient (Wildman–Crippen LogP) is 3.25. The maximum absolute atomic E-state index is 5.16. The average molecular weight is 270 g/mol. The van der Waals surface area contributed by atoms with E-state index in [0.717, 1.165) is 24.2 Å². The zero-order valence-electron chi connectivity index (χ0n) is 12.5. The van der Waals surface area contributed by atoms with Crippen LogP contribution in [0, 0.1) is 0 Å². The number of rotatable bonds is 6. The molecule has 0 fully saturated rings. The van der Waals surface area contributed by atoms with E-state index < -0.39 is 0 Å². The normalized spacial score (nSPS) is 10.8. The molecule has 3 heteroatoms. The van der Waals surface area contributed by atoms with Gasteiger partial charge in [-0.15, -0.1) is 0 Å². The Morgan fingerprint density at radius 1 is 1.05 bits per heavy atom. The molecule has 0 N–H and O–H groups in total. The van der Waals surface area contributed by atoms with E-state index in [4.69, 9.17) is 4.74 Å². The van der Waals surface area contributed by atoms with Gasteiger partial charge in [0.1, 0.15) is 0 Å². The Hall–Kier alpha value is -1.87. The Morgan fingerprint density at radius 2 is 1.80 bits per heavy atom. The van der Waals surface area contributed by atoms with Gasteiger partial charge in [-0.3, -0.25) is 0 Å². The molecular weight excluding hydrogens is 248 g/mol. The maximum Gasteiger partial charge on any atom is 0.213 e. The minimum absolute atomic E-state index is 0.651. The Bertz CT molecular complexity index is 535. The molecule has 3 nitrogen and oxygen atoms in total. The van der Waals surface area contributed by atoms with E-state index in [0.29, 0.717) is 5.88 Å². The Kier molecular flexibility index (Phi) is 5.13. The molecule has 1 aromatic heterocycles. The first kappa shape index (κ1) is 14.5. The van der Waals surface area contributed by atoms with Gasteiger partial charge in [0.05, 0.1) is 12.8 Å². The van der Waals surface area contributed by atoms with Gasteiger partial charge >= 0.3 is 0 Å². The lowest BCUT2D eigenvalue weighted by Gasteiger charge is -2.09. The number of nitrogens with zero attached hydrogens (tertiary/aromatic N) is 2. The standard InChI is InChI=1S/C17H22N2O/c1-19(2)13-5-6-14-9-11-15(12-10-14)16-7-4-8-17(18-16)20-3/h4,7-12H,5-6,13H2,1-3H3. The molecule has 0 atom stereocenters. The van der Waals surface area contributed by atoms with Crippen LogP contribution in [0.25, 0.3) is 11.3 Å². The highest BCUT2D eigenvalue weighted by atomic mass is 16.5. The van der Waals surface area contributed by atoms with Crippen molar-refractivity contribution in [3.8, 4) is 17.1 Å². The van der Waals surface area contributed by atoms with Gasteiger partial charge in [-0.25, -0.2) is 4.98 Å². The molecule has 0 saturated carbocycles. The van der Waals surface area contributed by atoms with Crippen molar-refractivity contribution in [2.45, 2.75) is 12.8 Å². The van der Waals surface area contributed by atoms with Gasteiger partial charge in [0.15, 0.2) is 0 Å². The molecule has 2 aromatic rings. The largest absolute Gasteiger partial charge is 0.481 e. The van der Waals surface area contributed by atoms with E-state index in [1.165, 1.54) is 12.0 Å². The molecule has 0 spiro atoms. The van der Waals surface area contributed by atoms with Gasteiger partial charge in [0.25, 0.3) is 0 Å². The van der Waals surface area contributed by atoms with Crippen LogP contribution in [-0.4, -0.2) is 37.6 Å². The molecule has 0 unspecified atom stereocenters. The first-order valence-corrected chi connectivity index (χ1v) is 6.94. The van der Waals surface area contributed by atoms with Crippen molar-refractivity contribution < 1.29 is 4.74 Å². The number of hydrogen-bond donors (Lipinski definition) is 0. The van der Waals surface area contributed by atoms with Crippen LogP contribution in [0.15, 0.2) is 42.5 Å². The lowest BCUT2D eigenvalue weighted by atomic mass is 10.1. The molecule has 106 valence electrons. The zero-order valence-corrected chi connectivity index (χ0v) is 12.5. The quantitative estimate of drug-likeness (QED) is 0.805. The summed E-state index contributed by atoms with van der Waals surface area (Å²) in [6.07, 6.45) is 2.30. The van der Waals surface area contributed by atoms with Crippen LogP contribution in [0.5, 0.6) is 5.88 Å². The molecule has 1 aromatic carbocycles. The van der Waals surface area contributed by atoms with Gasteiger partial charge in [-0.2, -0.15) is 0 Å². The Balaban J connectivity index is 2.03. The van der Waals surface area contributed by atoms with Gasteiger partial charge in [-0.1, -0.05) is 30.3 Å². The number of hydrogen-bond acceptors (Lipinski definition) is 3. The van der Waals surface area contributed by atoms with E-state index in [2.05, 4.69) is 48.2 Å². The smallest absolute Gasteiger partial charge is 0.213 e. The number of aryl methyl sites for hydroxylation is 1. The number of ether oxygens (including phenoxy) is 1. The SMILES string of the molecule is COc1cccc(-c2ccc(CCCN(C)C)cc2)n1. The van der Waals surface area contributed by atoms with Gasteiger partial charge in [0, 0.05) is 11.6 Å². The second-order valence-corrected chi connectivity index (χ2v) is 5.17. The lowest BCUT2D eigenvalue weighted by molar-refractivity contribution is 0.398. The summed E-state index contributed by atoms with van der Waals surface area (Å²) in [5.74, 6) is 0.651. The van der Waals surface area contributed by atoms with Crippen LogP contribution in [-0.2, 0) is 6.42 Å². The summed E-state index contributed by atoms with van der Waals surface area (Å²) >= 11 is 0. The number of benzene rings is 1. The number of pyridine rings is 1. The summed E-state index contributed by atoms with van der Waals surface area (Å²) in [5.41, 5.74) is 3.45. The molecule has 1 heterocycles.